The molecule has 6 heteroatoms. The Bertz CT molecular complexity index is 346. The molecule has 2 rings (SSSR count). The van der Waals surface area contributed by atoms with Crippen LogP contribution in [0, 0.1) is 0 Å². The highest BCUT2D eigenvalue weighted by Gasteiger charge is 2.16. The lowest BCUT2D eigenvalue weighted by Gasteiger charge is -2.23. The third-order valence-electron chi connectivity index (χ3n) is 2.58. The molecule has 1 saturated heterocycles. The minimum atomic E-state index is 0.228. The lowest BCUT2D eigenvalue weighted by molar-refractivity contribution is 0.0820. The fourth-order valence-corrected chi connectivity index (χ4v) is 1.80. The Kier molecular flexibility index (Phi) is 3.53. The van der Waals surface area contributed by atoms with Crippen LogP contribution in [-0.4, -0.2) is 35.8 Å². The summed E-state index contributed by atoms with van der Waals surface area (Å²) in [5.74, 6) is 6.84. The van der Waals surface area contributed by atoms with Gasteiger partial charge in [-0.1, -0.05) is 0 Å². The van der Waals surface area contributed by atoms with E-state index in [0.29, 0.717) is 5.82 Å². The quantitative estimate of drug-likeness (QED) is 0.557. The summed E-state index contributed by atoms with van der Waals surface area (Å²) in [5, 5.41) is 0. The van der Waals surface area contributed by atoms with Crippen LogP contribution >= 0.6 is 0 Å². The number of nitrogens with two attached hydrogens (primary N) is 1. The van der Waals surface area contributed by atoms with Crippen LogP contribution in [0.2, 0.25) is 0 Å². The van der Waals surface area contributed by atoms with Gasteiger partial charge in [0.2, 0.25) is 0 Å². The zero-order valence-electron chi connectivity index (χ0n) is 9.39. The first-order valence-electron chi connectivity index (χ1n) is 5.45. The van der Waals surface area contributed by atoms with E-state index >= 15 is 0 Å². The number of nitrogens with zero attached hydrogens (tertiary/aromatic N) is 3. The van der Waals surface area contributed by atoms with Gasteiger partial charge in [0.1, 0.15) is 18.0 Å². The molecule has 0 amide bonds. The summed E-state index contributed by atoms with van der Waals surface area (Å²) in [7, 11) is 0. The largest absolute Gasteiger partial charge is 0.377 e. The topological polar surface area (TPSA) is 76.3 Å². The molecule has 6 nitrogen and oxygen atoms in total. The van der Waals surface area contributed by atoms with Gasteiger partial charge in [-0.15, -0.1) is 0 Å². The minimum absolute atomic E-state index is 0.228. The molecule has 2 heterocycles. The number of hydrogen-bond donors (Lipinski definition) is 2. The Labute approximate surface area is 94.8 Å². The maximum Gasteiger partial charge on any atom is 0.145 e. The predicted octanol–water partition coefficient (Wildman–Crippen LogP) is 0.377. The van der Waals surface area contributed by atoms with Crippen LogP contribution in [0.1, 0.15) is 13.3 Å². The van der Waals surface area contributed by atoms with Crippen LogP contribution in [-0.2, 0) is 4.74 Å². The number of anilines is 2. The highest BCUT2D eigenvalue weighted by atomic mass is 16.5. The minimum Gasteiger partial charge on any atom is -0.377 e. The second-order valence-electron chi connectivity index (χ2n) is 3.89. The van der Waals surface area contributed by atoms with E-state index in [9.17, 15) is 0 Å². The van der Waals surface area contributed by atoms with E-state index in [-0.39, 0.29) is 6.10 Å². The first kappa shape index (κ1) is 11.1. The summed E-state index contributed by atoms with van der Waals surface area (Å²) in [6, 6.07) is 1.85. The number of ether oxygens (including phenoxy) is 1. The summed E-state index contributed by atoms with van der Waals surface area (Å²) >= 11 is 0. The monoisotopic (exact) mass is 223 g/mol. The van der Waals surface area contributed by atoms with Gasteiger partial charge >= 0.3 is 0 Å². The molecular weight excluding hydrogens is 206 g/mol. The first-order valence-corrected chi connectivity index (χ1v) is 5.45. The normalized spacial score (nSPS) is 21.6. The average Bonchev–Trinajstić information content (AvgIpc) is 2.54. The predicted molar refractivity (Wildman–Crippen MR) is 62.1 cm³/mol. The Morgan fingerprint density at radius 3 is 3.25 bits per heavy atom. The van der Waals surface area contributed by atoms with Crippen molar-refractivity contribution in [2.45, 2.75) is 19.4 Å². The molecule has 1 unspecified atom stereocenters. The third kappa shape index (κ3) is 2.59. The zero-order valence-corrected chi connectivity index (χ0v) is 9.39. The lowest BCUT2D eigenvalue weighted by atomic mass is 10.3. The van der Waals surface area contributed by atoms with Crippen LogP contribution in [0.15, 0.2) is 12.4 Å². The van der Waals surface area contributed by atoms with Crippen molar-refractivity contribution in [1.29, 1.82) is 0 Å². The van der Waals surface area contributed by atoms with Crippen molar-refractivity contribution in [2.75, 3.05) is 30.0 Å². The summed E-state index contributed by atoms with van der Waals surface area (Å²) in [5.41, 5.74) is 2.52. The van der Waals surface area contributed by atoms with Gasteiger partial charge in [0.05, 0.1) is 6.10 Å². The van der Waals surface area contributed by atoms with Gasteiger partial charge < -0.3 is 15.1 Å². The molecule has 1 fully saturated rings. The van der Waals surface area contributed by atoms with Crippen molar-refractivity contribution in [3.05, 3.63) is 12.4 Å². The van der Waals surface area contributed by atoms with Crippen molar-refractivity contribution in [2.24, 2.45) is 5.84 Å². The number of hydrogen-bond acceptors (Lipinski definition) is 6. The first-order chi connectivity index (χ1) is 7.79. The zero-order chi connectivity index (χ0) is 11.4. The molecule has 16 heavy (non-hydrogen) atoms. The SMILES string of the molecule is CC1CN(c2cc(NN)ncn2)CCCO1. The molecular formula is C10H17N5O. The number of nitrogen functional groups attached to an aromatic ring is 1. The molecule has 1 aromatic rings. The van der Waals surface area contributed by atoms with Crippen molar-refractivity contribution in [3.8, 4) is 0 Å². The highest BCUT2D eigenvalue weighted by Crippen LogP contribution is 2.16. The molecule has 0 aliphatic carbocycles. The highest BCUT2D eigenvalue weighted by molar-refractivity contribution is 5.47. The van der Waals surface area contributed by atoms with E-state index in [2.05, 4.69) is 27.2 Å². The van der Waals surface area contributed by atoms with Crippen LogP contribution in [0.3, 0.4) is 0 Å². The van der Waals surface area contributed by atoms with Gasteiger partial charge in [0.25, 0.3) is 0 Å². The van der Waals surface area contributed by atoms with Gasteiger partial charge in [0, 0.05) is 25.8 Å². The van der Waals surface area contributed by atoms with Crippen molar-refractivity contribution >= 4 is 11.6 Å². The molecule has 0 bridgehead atoms. The summed E-state index contributed by atoms with van der Waals surface area (Å²) in [6.07, 6.45) is 2.76. The van der Waals surface area contributed by atoms with Crippen molar-refractivity contribution in [3.63, 3.8) is 0 Å². The average molecular weight is 223 g/mol. The van der Waals surface area contributed by atoms with Crippen molar-refractivity contribution < 1.29 is 4.74 Å². The second kappa shape index (κ2) is 5.09. The van der Waals surface area contributed by atoms with E-state index < -0.39 is 0 Å². The van der Waals surface area contributed by atoms with Crippen LogP contribution in [0.4, 0.5) is 11.6 Å². The summed E-state index contributed by atoms with van der Waals surface area (Å²) in [4.78, 5) is 10.4. The Hall–Kier alpha value is -1.40. The van der Waals surface area contributed by atoms with Gasteiger partial charge in [-0.25, -0.2) is 15.8 Å². The van der Waals surface area contributed by atoms with E-state index in [1.807, 2.05) is 6.07 Å². The molecule has 1 aromatic heterocycles. The Morgan fingerprint density at radius 2 is 2.44 bits per heavy atom. The summed E-state index contributed by atoms with van der Waals surface area (Å²) < 4.78 is 5.59. The van der Waals surface area contributed by atoms with Gasteiger partial charge in [-0.2, -0.15) is 0 Å². The molecule has 0 spiro atoms. The molecule has 3 N–H and O–H groups in total. The van der Waals surface area contributed by atoms with Crippen LogP contribution < -0.4 is 16.2 Å². The third-order valence-corrected chi connectivity index (χ3v) is 2.58. The number of hydrazine groups is 1. The smallest absolute Gasteiger partial charge is 0.145 e. The Balaban J connectivity index is 2.14. The standard InChI is InChI=1S/C10H17N5O/c1-8-6-15(3-2-4-16-8)10-5-9(14-11)12-7-13-10/h5,7-8H,2-4,6,11H2,1H3,(H,12,13,14). The van der Waals surface area contributed by atoms with Gasteiger partial charge in [-0.05, 0) is 13.3 Å². The molecule has 0 saturated carbocycles. The van der Waals surface area contributed by atoms with Crippen LogP contribution in [0.5, 0.6) is 0 Å². The molecule has 88 valence electrons. The molecule has 0 radical (unpaired) electrons. The van der Waals surface area contributed by atoms with E-state index in [1.54, 1.807) is 0 Å². The Morgan fingerprint density at radius 1 is 1.56 bits per heavy atom. The summed E-state index contributed by atoms with van der Waals surface area (Å²) in [6.45, 7) is 4.68. The molecule has 1 aliphatic rings. The maximum absolute atomic E-state index is 5.59. The van der Waals surface area contributed by atoms with E-state index in [4.69, 9.17) is 10.6 Å². The van der Waals surface area contributed by atoms with Crippen LogP contribution in [0.25, 0.3) is 0 Å². The fourth-order valence-electron chi connectivity index (χ4n) is 1.80. The number of rotatable bonds is 2. The molecule has 1 aliphatic heterocycles. The lowest BCUT2D eigenvalue weighted by Crippen LogP contribution is -2.31. The fraction of sp³-hybridized carbons (Fsp3) is 0.600. The molecule has 0 aromatic carbocycles. The van der Waals surface area contributed by atoms with Gasteiger partial charge in [-0.3, -0.25) is 0 Å². The van der Waals surface area contributed by atoms with Crippen molar-refractivity contribution in [1.82, 2.24) is 9.97 Å². The number of nitrogens with one attached hydrogen (secondary N) is 1. The van der Waals surface area contributed by atoms with E-state index in [1.165, 1.54) is 6.33 Å². The van der Waals surface area contributed by atoms with E-state index in [0.717, 1.165) is 31.9 Å². The maximum atomic E-state index is 5.59. The molecule has 1 atom stereocenters. The second-order valence-corrected chi connectivity index (χ2v) is 3.89. The van der Waals surface area contributed by atoms with Gasteiger partial charge in [0.15, 0.2) is 0 Å². The number of aromatic nitrogens is 2.